The first kappa shape index (κ1) is 14.3. The van der Waals surface area contributed by atoms with Crippen LogP contribution in [0, 0.1) is 0 Å². The number of hydrogen-bond donors (Lipinski definition) is 1. The third kappa shape index (κ3) is 3.48. The number of nitrogens with zero attached hydrogens (tertiary/aromatic N) is 2. The molecule has 1 N–H and O–H groups in total. The zero-order valence-corrected chi connectivity index (χ0v) is 12.1. The van der Waals surface area contributed by atoms with Crippen molar-refractivity contribution in [1.82, 2.24) is 4.98 Å². The van der Waals surface area contributed by atoms with Crippen molar-refractivity contribution in [3.8, 4) is 5.75 Å². The van der Waals surface area contributed by atoms with E-state index in [-0.39, 0.29) is 0 Å². The van der Waals surface area contributed by atoms with Crippen molar-refractivity contribution in [1.29, 1.82) is 0 Å². The van der Waals surface area contributed by atoms with E-state index < -0.39 is 6.10 Å². The number of rotatable bonds is 5. The zero-order valence-electron chi connectivity index (χ0n) is 12.1. The van der Waals surface area contributed by atoms with Crippen LogP contribution in [-0.2, 0) is 6.54 Å². The fourth-order valence-corrected chi connectivity index (χ4v) is 1.99. The second-order valence-corrected chi connectivity index (χ2v) is 4.83. The minimum atomic E-state index is -0.480. The number of anilines is 1. The molecule has 4 heteroatoms. The van der Waals surface area contributed by atoms with E-state index in [0.29, 0.717) is 0 Å². The van der Waals surface area contributed by atoms with E-state index in [1.54, 1.807) is 20.2 Å². The summed E-state index contributed by atoms with van der Waals surface area (Å²) in [5.74, 6) is 1.70. The molecule has 0 aliphatic rings. The first-order chi connectivity index (χ1) is 9.60. The highest BCUT2D eigenvalue weighted by Crippen LogP contribution is 2.19. The summed E-state index contributed by atoms with van der Waals surface area (Å²) in [6.07, 6.45) is 1.24. The Bertz CT molecular complexity index is 553. The van der Waals surface area contributed by atoms with Crippen molar-refractivity contribution in [3.63, 3.8) is 0 Å². The molecular weight excluding hydrogens is 252 g/mol. The Balaban J connectivity index is 2.10. The van der Waals surface area contributed by atoms with Gasteiger partial charge in [0.05, 0.1) is 13.2 Å². The standard InChI is InChI=1S/C16H20N2O2/c1-12(19)14-8-9-17-16(10-14)18(2)11-13-4-6-15(20-3)7-5-13/h4-10,12,19H,11H2,1-3H3/t12-/m0/s1. The first-order valence-corrected chi connectivity index (χ1v) is 6.58. The van der Waals surface area contributed by atoms with Gasteiger partial charge in [-0.1, -0.05) is 12.1 Å². The number of benzene rings is 1. The van der Waals surface area contributed by atoms with Crippen LogP contribution in [0.15, 0.2) is 42.6 Å². The molecule has 0 saturated carbocycles. The maximum atomic E-state index is 9.62. The van der Waals surface area contributed by atoms with E-state index in [2.05, 4.69) is 4.98 Å². The van der Waals surface area contributed by atoms with Crippen molar-refractivity contribution in [2.45, 2.75) is 19.6 Å². The number of aliphatic hydroxyl groups is 1. The Morgan fingerprint density at radius 3 is 2.55 bits per heavy atom. The lowest BCUT2D eigenvalue weighted by Crippen LogP contribution is -2.17. The van der Waals surface area contributed by atoms with Gasteiger partial charge in [-0.2, -0.15) is 0 Å². The van der Waals surface area contributed by atoms with Crippen LogP contribution in [0.4, 0.5) is 5.82 Å². The topological polar surface area (TPSA) is 45.6 Å². The molecule has 0 fully saturated rings. The maximum absolute atomic E-state index is 9.62. The number of hydrogen-bond acceptors (Lipinski definition) is 4. The number of aliphatic hydroxyl groups excluding tert-OH is 1. The summed E-state index contributed by atoms with van der Waals surface area (Å²) in [7, 11) is 3.64. The largest absolute Gasteiger partial charge is 0.497 e. The van der Waals surface area contributed by atoms with Crippen molar-refractivity contribution < 1.29 is 9.84 Å². The highest BCUT2D eigenvalue weighted by atomic mass is 16.5. The molecule has 0 aliphatic heterocycles. The van der Waals surface area contributed by atoms with E-state index in [1.807, 2.05) is 48.3 Å². The highest BCUT2D eigenvalue weighted by molar-refractivity contribution is 5.42. The minimum Gasteiger partial charge on any atom is -0.497 e. The zero-order chi connectivity index (χ0) is 14.5. The van der Waals surface area contributed by atoms with Gasteiger partial charge in [0.25, 0.3) is 0 Å². The maximum Gasteiger partial charge on any atom is 0.128 e. The molecule has 0 unspecified atom stereocenters. The van der Waals surface area contributed by atoms with E-state index in [0.717, 1.165) is 23.7 Å². The quantitative estimate of drug-likeness (QED) is 0.909. The van der Waals surface area contributed by atoms with Crippen LogP contribution in [-0.4, -0.2) is 24.2 Å². The molecule has 0 aliphatic carbocycles. The van der Waals surface area contributed by atoms with Crippen molar-refractivity contribution in [3.05, 3.63) is 53.7 Å². The number of pyridine rings is 1. The molecule has 2 rings (SSSR count). The van der Waals surface area contributed by atoms with E-state index in [1.165, 1.54) is 5.56 Å². The normalized spacial score (nSPS) is 12.0. The smallest absolute Gasteiger partial charge is 0.128 e. The average Bonchev–Trinajstić information content (AvgIpc) is 2.48. The number of ether oxygens (including phenoxy) is 1. The summed E-state index contributed by atoms with van der Waals surface area (Å²) < 4.78 is 5.15. The van der Waals surface area contributed by atoms with Gasteiger partial charge in [-0.3, -0.25) is 0 Å². The molecule has 0 amide bonds. The monoisotopic (exact) mass is 272 g/mol. The molecule has 0 bridgehead atoms. The van der Waals surface area contributed by atoms with Gasteiger partial charge in [-0.25, -0.2) is 4.98 Å². The molecule has 106 valence electrons. The van der Waals surface area contributed by atoms with Crippen LogP contribution < -0.4 is 9.64 Å². The Hall–Kier alpha value is -2.07. The Labute approximate surface area is 119 Å². The fraction of sp³-hybridized carbons (Fsp3) is 0.312. The minimum absolute atomic E-state index is 0.480. The summed E-state index contributed by atoms with van der Waals surface area (Å²) in [4.78, 5) is 6.39. The highest BCUT2D eigenvalue weighted by Gasteiger charge is 2.07. The second kappa shape index (κ2) is 6.39. The number of aromatic nitrogens is 1. The van der Waals surface area contributed by atoms with Crippen molar-refractivity contribution in [2.24, 2.45) is 0 Å². The van der Waals surface area contributed by atoms with Crippen molar-refractivity contribution in [2.75, 3.05) is 19.1 Å². The lowest BCUT2D eigenvalue weighted by molar-refractivity contribution is 0.199. The molecular formula is C16H20N2O2. The van der Waals surface area contributed by atoms with Gasteiger partial charge in [0, 0.05) is 19.8 Å². The van der Waals surface area contributed by atoms with Gasteiger partial charge >= 0.3 is 0 Å². The molecule has 20 heavy (non-hydrogen) atoms. The van der Waals surface area contributed by atoms with Gasteiger partial charge in [0.15, 0.2) is 0 Å². The van der Waals surface area contributed by atoms with E-state index in [4.69, 9.17) is 4.74 Å². The molecule has 1 atom stereocenters. The molecule has 1 aromatic heterocycles. The van der Waals surface area contributed by atoms with Gasteiger partial charge < -0.3 is 14.7 Å². The molecule has 1 heterocycles. The fourth-order valence-electron chi connectivity index (χ4n) is 1.99. The predicted octanol–water partition coefficient (Wildman–Crippen LogP) is 2.78. The SMILES string of the molecule is COc1ccc(CN(C)c2cc([C@H](C)O)ccn2)cc1. The Kier molecular flexibility index (Phi) is 4.58. The van der Waals surface area contributed by atoms with Crippen LogP contribution in [0.1, 0.15) is 24.2 Å². The van der Waals surface area contributed by atoms with Crippen LogP contribution in [0.3, 0.4) is 0 Å². The van der Waals surface area contributed by atoms with Crippen LogP contribution in [0.5, 0.6) is 5.75 Å². The summed E-state index contributed by atoms with van der Waals surface area (Å²) in [5, 5.41) is 9.62. The van der Waals surface area contributed by atoms with Crippen LogP contribution in [0.2, 0.25) is 0 Å². The lowest BCUT2D eigenvalue weighted by Gasteiger charge is -2.19. The molecule has 0 radical (unpaired) electrons. The Morgan fingerprint density at radius 2 is 1.95 bits per heavy atom. The molecule has 4 nitrogen and oxygen atoms in total. The Morgan fingerprint density at radius 1 is 1.25 bits per heavy atom. The lowest BCUT2D eigenvalue weighted by atomic mass is 10.1. The molecule has 0 saturated heterocycles. The third-order valence-corrected chi connectivity index (χ3v) is 3.22. The van der Waals surface area contributed by atoms with Gasteiger partial charge in [0.2, 0.25) is 0 Å². The van der Waals surface area contributed by atoms with E-state index >= 15 is 0 Å². The van der Waals surface area contributed by atoms with Crippen LogP contribution in [0.25, 0.3) is 0 Å². The van der Waals surface area contributed by atoms with Gasteiger partial charge in [0.1, 0.15) is 11.6 Å². The first-order valence-electron chi connectivity index (χ1n) is 6.58. The second-order valence-electron chi connectivity index (χ2n) is 4.83. The van der Waals surface area contributed by atoms with E-state index in [9.17, 15) is 5.11 Å². The molecule has 1 aromatic carbocycles. The van der Waals surface area contributed by atoms with Crippen LogP contribution >= 0.6 is 0 Å². The third-order valence-electron chi connectivity index (χ3n) is 3.22. The van der Waals surface area contributed by atoms with Gasteiger partial charge in [-0.15, -0.1) is 0 Å². The molecule has 0 spiro atoms. The summed E-state index contributed by atoms with van der Waals surface area (Å²) >= 11 is 0. The van der Waals surface area contributed by atoms with Gasteiger partial charge in [-0.05, 0) is 42.3 Å². The molecule has 2 aromatic rings. The number of methoxy groups -OCH3 is 1. The summed E-state index contributed by atoms with van der Waals surface area (Å²) in [6.45, 7) is 2.50. The average molecular weight is 272 g/mol. The summed E-state index contributed by atoms with van der Waals surface area (Å²) in [6, 6.07) is 11.7. The summed E-state index contributed by atoms with van der Waals surface area (Å²) in [5.41, 5.74) is 2.05. The van der Waals surface area contributed by atoms with Crippen molar-refractivity contribution >= 4 is 5.82 Å². The predicted molar refractivity (Wildman–Crippen MR) is 80.0 cm³/mol.